The van der Waals surface area contributed by atoms with Crippen molar-refractivity contribution in [3.63, 3.8) is 0 Å². The minimum atomic E-state index is -0.0951. The molecule has 19 aromatic rings. The van der Waals surface area contributed by atoms with Crippen LogP contribution in [0.4, 0.5) is 0 Å². The van der Waals surface area contributed by atoms with Gasteiger partial charge in [-0.05, 0) is 152 Å². The van der Waals surface area contributed by atoms with E-state index in [-0.39, 0.29) is 11.1 Å². The van der Waals surface area contributed by atoms with Crippen molar-refractivity contribution in [2.75, 3.05) is 0 Å². The second-order valence-electron chi connectivity index (χ2n) is 23.8. The van der Waals surface area contributed by atoms with Crippen molar-refractivity contribution < 1.29 is 0 Å². The zero-order chi connectivity index (χ0) is 59.3. The third kappa shape index (κ3) is 7.27. The van der Waals surface area contributed by atoms with Crippen LogP contribution in [-0.2, 0) is 0 Å². The number of rotatable bonds is 7. The number of aromatic nitrogens is 4. The van der Waals surface area contributed by atoms with E-state index in [2.05, 4.69) is 249 Å². The van der Waals surface area contributed by atoms with Gasteiger partial charge in [0, 0.05) is 43.4 Å². The second-order valence-corrected chi connectivity index (χ2v) is 23.8. The summed E-state index contributed by atoms with van der Waals surface area (Å²) in [7, 11) is 0. The van der Waals surface area contributed by atoms with Gasteiger partial charge in [-0.15, -0.1) is 0 Å². The number of benzene rings is 15. The molecule has 0 radical (unpaired) electrons. The van der Waals surface area contributed by atoms with Crippen LogP contribution >= 0.6 is 0 Å². The molecule has 90 heavy (non-hydrogen) atoms. The Kier molecular flexibility index (Phi) is 10.7. The van der Waals surface area contributed by atoms with Crippen molar-refractivity contribution in [2.24, 2.45) is 0 Å². The lowest BCUT2D eigenvalue weighted by Gasteiger charge is -2.15. The molecule has 0 saturated carbocycles. The largest absolute Gasteiger partial charge is 0.268 e. The lowest BCUT2D eigenvalue weighted by atomic mass is 9.89. The molecule has 0 atom stereocenters. The first-order valence-corrected chi connectivity index (χ1v) is 30.5. The lowest BCUT2D eigenvalue weighted by Crippen LogP contribution is -2.13. The van der Waals surface area contributed by atoms with E-state index in [1.54, 1.807) is 0 Å². The maximum atomic E-state index is 15.5. The highest BCUT2D eigenvalue weighted by atomic mass is 16.1. The number of fused-ring (bicyclic) bond motifs is 11. The molecule has 4 heterocycles. The van der Waals surface area contributed by atoms with E-state index in [1.165, 1.54) is 0 Å². The smallest absolute Gasteiger partial charge is 0.264 e. The molecule has 416 valence electrons. The molecule has 0 saturated heterocycles. The minimum Gasteiger partial charge on any atom is -0.268 e. The molecule has 6 nitrogen and oxygen atoms in total. The first-order chi connectivity index (χ1) is 44.5. The Morgan fingerprint density at radius 2 is 0.667 bits per heavy atom. The second kappa shape index (κ2) is 19.2. The number of nitrogens with zero attached hydrogens (tertiary/aromatic N) is 4. The van der Waals surface area contributed by atoms with Gasteiger partial charge in [0.1, 0.15) is 11.3 Å². The van der Waals surface area contributed by atoms with Crippen LogP contribution in [0.5, 0.6) is 0 Å². The van der Waals surface area contributed by atoms with Crippen LogP contribution in [0.3, 0.4) is 0 Å². The Morgan fingerprint density at radius 3 is 1.39 bits per heavy atom. The molecule has 6 heteroatoms. The van der Waals surface area contributed by atoms with Crippen LogP contribution in [0.15, 0.2) is 301 Å². The first kappa shape index (κ1) is 50.1. The van der Waals surface area contributed by atoms with Gasteiger partial charge in [0.2, 0.25) is 0 Å². The predicted octanol–water partition coefficient (Wildman–Crippen LogP) is 20.6. The van der Waals surface area contributed by atoms with Crippen LogP contribution in [-0.4, -0.2) is 18.8 Å². The van der Waals surface area contributed by atoms with Gasteiger partial charge in [0.15, 0.2) is 0 Å². The number of hydrogen-bond acceptors (Lipinski definition) is 4. The maximum absolute atomic E-state index is 15.5. The summed E-state index contributed by atoms with van der Waals surface area (Å²) < 4.78 is 3.70. The van der Waals surface area contributed by atoms with Gasteiger partial charge in [-0.2, -0.15) is 0 Å². The molecule has 0 aliphatic heterocycles. The average molecular weight is 1150 g/mol. The minimum absolute atomic E-state index is 0.0803. The molecule has 0 spiro atoms. The summed E-state index contributed by atoms with van der Waals surface area (Å²) in [4.78, 5) is 41.3. The summed E-state index contributed by atoms with van der Waals surface area (Å²) in [5, 5.41) is 13.9. The molecular weight excluding hydrogens is 1100 g/mol. The van der Waals surface area contributed by atoms with E-state index >= 15 is 4.79 Å². The summed E-state index contributed by atoms with van der Waals surface area (Å²) in [6, 6.07) is 102. The van der Waals surface area contributed by atoms with Crippen LogP contribution in [0.25, 0.3) is 187 Å². The van der Waals surface area contributed by atoms with Gasteiger partial charge < -0.3 is 0 Å². The van der Waals surface area contributed by atoms with Crippen molar-refractivity contribution in [2.45, 2.75) is 0 Å². The molecule has 0 amide bonds. The zero-order valence-electron chi connectivity index (χ0n) is 48.3. The topological polar surface area (TPSA) is 68.7 Å². The Labute approximate surface area is 514 Å². The third-order valence-electron chi connectivity index (χ3n) is 19.0. The quantitative estimate of drug-likeness (QED) is 0.159. The van der Waals surface area contributed by atoms with Crippen LogP contribution in [0.1, 0.15) is 0 Å². The summed E-state index contributed by atoms with van der Waals surface area (Å²) in [5.41, 5.74) is 18.9. The molecule has 15 aromatic carbocycles. The van der Waals surface area contributed by atoms with Gasteiger partial charge in [-0.25, -0.2) is 9.97 Å². The molecule has 19 rings (SSSR count). The van der Waals surface area contributed by atoms with E-state index in [1.807, 2.05) is 51.3 Å². The highest BCUT2D eigenvalue weighted by Gasteiger charge is 2.25. The first-order valence-electron chi connectivity index (χ1n) is 30.5. The van der Waals surface area contributed by atoms with Gasteiger partial charge in [0.25, 0.3) is 11.1 Å². The molecule has 0 aliphatic rings. The highest BCUT2D eigenvalue weighted by molar-refractivity contribution is 6.23. The Morgan fingerprint density at radius 1 is 0.244 bits per heavy atom. The van der Waals surface area contributed by atoms with Crippen molar-refractivity contribution >= 4 is 109 Å². The van der Waals surface area contributed by atoms with E-state index in [0.717, 1.165) is 165 Å². The molecule has 0 unspecified atom stereocenters. The summed E-state index contributed by atoms with van der Waals surface area (Å²) in [6.45, 7) is 0. The fourth-order valence-corrected chi connectivity index (χ4v) is 15.0. The molecular formula is C84H48N4O2. The molecule has 0 fully saturated rings. The fraction of sp³-hybridized carbons (Fsp3) is 0. The highest BCUT2D eigenvalue weighted by Crippen LogP contribution is 2.45. The summed E-state index contributed by atoms with van der Waals surface area (Å²) >= 11 is 0. The van der Waals surface area contributed by atoms with E-state index < -0.39 is 0 Å². The zero-order valence-corrected chi connectivity index (χ0v) is 48.3. The van der Waals surface area contributed by atoms with Crippen molar-refractivity contribution in [3.8, 4) is 77.9 Å². The Balaban J connectivity index is 0.740. The number of pyridine rings is 2. The van der Waals surface area contributed by atoms with Crippen LogP contribution in [0.2, 0.25) is 0 Å². The normalized spacial score (nSPS) is 12.1. The summed E-state index contributed by atoms with van der Waals surface area (Å²) in [6.07, 6.45) is 0. The maximum Gasteiger partial charge on any atom is 0.264 e. The van der Waals surface area contributed by atoms with Crippen molar-refractivity contribution in [1.82, 2.24) is 18.8 Å². The van der Waals surface area contributed by atoms with E-state index in [4.69, 9.17) is 9.97 Å². The predicted molar refractivity (Wildman–Crippen MR) is 374 cm³/mol. The van der Waals surface area contributed by atoms with Gasteiger partial charge in [-0.1, -0.05) is 249 Å². The fourth-order valence-electron chi connectivity index (χ4n) is 15.0. The molecule has 0 bridgehead atoms. The number of hydrogen-bond donors (Lipinski definition) is 0. The van der Waals surface area contributed by atoms with Crippen molar-refractivity contribution in [1.29, 1.82) is 0 Å². The van der Waals surface area contributed by atoms with E-state index in [0.29, 0.717) is 22.1 Å². The SMILES string of the molecule is O=c1c2cccc3c(-c4cccc5c(-c6ccc(-c7cc(-c8ccccc8)c8c(c7)nc7c9cccc%10c(-c%11ccccc%11)ccc(c(=O)n78)c%109)cc6)cccc45)ccc(c32)c2nc3c(-c4cccc5ccccc45)cc(-c4cccc5ccccc45)cc3n12. The van der Waals surface area contributed by atoms with E-state index in [9.17, 15) is 4.79 Å². The van der Waals surface area contributed by atoms with Gasteiger partial charge >= 0.3 is 0 Å². The van der Waals surface area contributed by atoms with Crippen LogP contribution in [0, 0.1) is 0 Å². The molecule has 0 aliphatic carbocycles. The Bertz CT molecular complexity index is 6360. The van der Waals surface area contributed by atoms with Crippen molar-refractivity contribution in [3.05, 3.63) is 312 Å². The van der Waals surface area contributed by atoms with Crippen LogP contribution < -0.4 is 11.1 Å². The third-order valence-corrected chi connectivity index (χ3v) is 19.0. The number of imidazole rings is 2. The summed E-state index contributed by atoms with van der Waals surface area (Å²) in [5.74, 6) is 0. The molecule has 4 aromatic heterocycles. The standard InChI is InChI=1S/C84H48N4O2/c89-83-71-36-16-34-68-66(42-43-70(78(68)71)82-86-79-74(63-29-12-24-52-22-8-10-26-58(52)63)46-56(48-76(79)87(82)83)60-27-11-23-51-21-7-9-25-57(51)60)65-32-14-30-62-59(28-13-31-64(62)65)54-39-37-49(38-40-54)55-45-73(53-19-5-2-6-20-53)80-75(47-55)85-81-69-35-15-33-67-61(50-17-3-1-4-18-50)41-44-72(77(67)69)84(90)88(80)81/h1-48H. The molecule has 0 N–H and O–H groups in total. The lowest BCUT2D eigenvalue weighted by molar-refractivity contribution is 1.19. The van der Waals surface area contributed by atoms with Gasteiger partial charge in [0.05, 0.1) is 22.1 Å². The average Bonchev–Trinajstić information content (AvgIpc) is 1.52. The Hall–Kier alpha value is -12.1. The van der Waals surface area contributed by atoms with Gasteiger partial charge in [-0.3, -0.25) is 18.4 Å². The monoisotopic (exact) mass is 1140 g/mol.